The molecular formula is C17H21N. The summed E-state index contributed by atoms with van der Waals surface area (Å²) in [4.78, 5) is 4.97. The summed E-state index contributed by atoms with van der Waals surface area (Å²) in [5.41, 5.74) is 4.00. The second kappa shape index (κ2) is 4.38. The molecule has 94 valence electrons. The molecule has 1 heteroatoms. The molecule has 2 atom stereocenters. The van der Waals surface area contributed by atoms with Crippen molar-refractivity contribution in [2.24, 2.45) is 5.92 Å². The van der Waals surface area contributed by atoms with Crippen molar-refractivity contribution in [3.63, 3.8) is 0 Å². The zero-order chi connectivity index (χ0) is 12.7. The summed E-state index contributed by atoms with van der Waals surface area (Å²) in [5.74, 6) is 1.98. The Bertz CT molecular complexity index is 571. The molecular weight excluding hydrogens is 218 g/mol. The average molecular weight is 239 g/mol. The Labute approximate surface area is 109 Å². The monoisotopic (exact) mass is 239 g/mol. The van der Waals surface area contributed by atoms with Crippen LogP contribution in [0.25, 0.3) is 10.9 Å². The van der Waals surface area contributed by atoms with Gasteiger partial charge in [0.15, 0.2) is 0 Å². The molecule has 0 amide bonds. The standard InChI is InChI=1S/C17H21N/c1-11(2)14-9-8-12(3)15-10-13-6-4-5-7-16(13)18-17(14)15/h4-7,10-12,14H,8-9H2,1-3H3. The molecule has 1 aliphatic carbocycles. The van der Waals surface area contributed by atoms with Crippen LogP contribution in [0.15, 0.2) is 30.3 Å². The first-order valence-corrected chi connectivity index (χ1v) is 7.06. The molecule has 3 rings (SSSR count). The molecule has 2 unspecified atom stereocenters. The van der Waals surface area contributed by atoms with Crippen LogP contribution in [0.1, 0.15) is 56.7 Å². The summed E-state index contributed by atoms with van der Waals surface area (Å²) in [5, 5.41) is 1.28. The van der Waals surface area contributed by atoms with Crippen LogP contribution in [0.4, 0.5) is 0 Å². The van der Waals surface area contributed by atoms with E-state index >= 15 is 0 Å². The maximum absolute atomic E-state index is 4.97. The number of hydrogen-bond acceptors (Lipinski definition) is 1. The van der Waals surface area contributed by atoms with Crippen LogP contribution < -0.4 is 0 Å². The molecule has 0 fully saturated rings. The Morgan fingerprint density at radius 3 is 2.72 bits per heavy atom. The summed E-state index contributed by atoms with van der Waals surface area (Å²) >= 11 is 0. The number of benzene rings is 1. The van der Waals surface area contributed by atoms with E-state index in [1.165, 1.54) is 29.5 Å². The van der Waals surface area contributed by atoms with Crippen molar-refractivity contribution in [1.29, 1.82) is 0 Å². The smallest absolute Gasteiger partial charge is 0.0705 e. The molecule has 0 saturated heterocycles. The Morgan fingerprint density at radius 1 is 1.17 bits per heavy atom. The van der Waals surface area contributed by atoms with Crippen molar-refractivity contribution in [3.05, 3.63) is 41.6 Å². The molecule has 1 aromatic carbocycles. The SMILES string of the molecule is CC1CCC(C(C)C)c2nc3ccccc3cc21. The van der Waals surface area contributed by atoms with Gasteiger partial charge in [-0.3, -0.25) is 4.98 Å². The fourth-order valence-corrected chi connectivity index (χ4v) is 3.21. The van der Waals surface area contributed by atoms with Gasteiger partial charge in [0.05, 0.1) is 5.52 Å². The highest BCUT2D eigenvalue weighted by Crippen LogP contribution is 2.42. The van der Waals surface area contributed by atoms with E-state index in [1.54, 1.807) is 0 Å². The molecule has 0 radical (unpaired) electrons. The molecule has 0 bridgehead atoms. The van der Waals surface area contributed by atoms with Crippen molar-refractivity contribution in [2.75, 3.05) is 0 Å². The lowest BCUT2D eigenvalue weighted by molar-refractivity contribution is 0.402. The molecule has 1 heterocycles. The lowest BCUT2D eigenvalue weighted by Gasteiger charge is -2.31. The molecule has 0 spiro atoms. The van der Waals surface area contributed by atoms with Crippen molar-refractivity contribution in [2.45, 2.75) is 45.4 Å². The van der Waals surface area contributed by atoms with Gasteiger partial charge in [0.25, 0.3) is 0 Å². The molecule has 0 aliphatic heterocycles. The van der Waals surface area contributed by atoms with Gasteiger partial charge < -0.3 is 0 Å². The maximum Gasteiger partial charge on any atom is 0.0705 e. The number of para-hydroxylation sites is 1. The highest BCUT2D eigenvalue weighted by Gasteiger charge is 2.28. The van der Waals surface area contributed by atoms with Gasteiger partial charge in [0, 0.05) is 17.0 Å². The molecule has 0 N–H and O–H groups in total. The van der Waals surface area contributed by atoms with Gasteiger partial charge in [-0.2, -0.15) is 0 Å². The van der Waals surface area contributed by atoms with Gasteiger partial charge in [-0.25, -0.2) is 0 Å². The number of fused-ring (bicyclic) bond motifs is 2. The van der Waals surface area contributed by atoms with Crippen LogP contribution in [0.5, 0.6) is 0 Å². The fourth-order valence-electron chi connectivity index (χ4n) is 3.21. The van der Waals surface area contributed by atoms with Crippen molar-refractivity contribution < 1.29 is 0 Å². The lowest BCUT2D eigenvalue weighted by Crippen LogP contribution is -2.18. The number of aromatic nitrogens is 1. The van der Waals surface area contributed by atoms with Crippen LogP contribution in [0.3, 0.4) is 0 Å². The molecule has 1 aliphatic rings. The van der Waals surface area contributed by atoms with Crippen LogP contribution >= 0.6 is 0 Å². The molecule has 2 aromatic rings. The Kier molecular flexibility index (Phi) is 2.85. The quantitative estimate of drug-likeness (QED) is 0.691. The summed E-state index contributed by atoms with van der Waals surface area (Å²) in [6, 6.07) is 10.9. The molecule has 0 saturated carbocycles. The average Bonchev–Trinajstić information content (AvgIpc) is 2.37. The zero-order valence-electron chi connectivity index (χ0n) is 11.5. The minimum absolute atomic E-state index is 0.640. The molecule has 18 heavy (non-hydrogen) atoms. The number of rotatable bonds is 1. The zero-order valence-corrected chi connectivity index (χ0v) is 11.5. The van der Waals surface area contributed by atoms with Gasteiger partial charge in [-0.1, -0.05) is 39.0 Å². The van der Waals surface area contributed by atoms with Crippen LogP contribution in [0, 0.1) is 5.92 Å². The van der Waals surface area contributed by atoms with E-state index in [0.29, 0.717) is 17.8 Å². The van der Waals surface area contributed by atoms with E-state index in [-0.39, 0.29) is 0 Å². The Balaban J connectivity index is 2.22. The predicted octanol–water partition coefficient (Wildman–Crippen LogP) is 4.87. The first kappa shape index (κ1) is 11.7. The van der Waals surface area contributed by atoms with Gasteiger partial charge in [-0.15, -0.1) is 0 Å². The van der Waals surface area contributed by atoms with Crippen LogP contribution in [-0.2, 0) is 0 Å². The minimum Gasteiger partial charge on any atom is -0.252 e. The first-order chi connectivity index (χ1) is 8.66. The van der Waals surface area contributed by atoms with Gasteiger partial charge in [0.1, 0.15) is 0 Å². The summed E-state index contributed by atoms with van der Waals surface area (Å²) in [7, 11) is 0. The largest absolute Gasteiger partial charge is 0.252 e. The van der Waals surface area contributed by atoms with Gasteiger partial charge in [0.2, 0.25) is 0 Å². The Hall–Kier alpha value is -1.37. The number of nitrogens with zero attached hydrogens (tertiary/aromatic N) is 1. The van der Waals surface area contributed by atoms with Crippen molar-refractivity contribution >= 4 is 10.9 Å². The normalized spacial score (nSPS) is 23.3. The van der Waals surface area contributed by atoms with Gasteiger partial charge >= 0.3 is 0 Å². The predicted molar refractivity (Wildman–Crippen MR) is 77.0 cm³/mol. The fraction of sp³-hybridized carbons (Fsp3) is 0.471. The number of pyridine rings is 1. The second-order valence-corrected chi connectivity index (χ2v) is 5.98. The third kappa shape index (κ3) is 1.82. The number of hydrogen-bond donors (Lipinski definition) is 0. The van der Waals surface area contributed by atoms with E-state index in [4.69, 9.17) is 4.98 Å². The third-order valence-corrected chi connectivity index (χ3v) is 4.38. The Morgan fingerprint density at radius 2 is 1.94 bits per heavy atom. The summed E-state index contributed by atoms with van der Waals surface area (Å²) in [6.45, 7) is 6.98. The second-order valence-electron chi connectivity index (χ2n) is 5.98. The van der Waals surface area contributed by atoms with E-state index in [2.05, 4.69) is 51.1 Å². The van der Waals surface area contributed by atoms with E-state index in [1.807, 2.05) is 0 Å². The van der Waals surface area contributed by atoms with Gasteiger partial charge in [-0.05, 0) is 42.4 Å². The molecule has 1 nitrogen and oxygen atoms in total. The van der Waals surface area contributed by atoms with Crippen LogP contribution in [-0.4, -0.2) is 4.98 Å². The van der Waals surface area contributed by atoms with Crippen molar-refractivity contribution in [3.8, 4) is 0 Å². The van der Waals surface area contributed by atoms with Crippen molar-refractivity contribution in [1.82, 2.24) is 4.98 Å². The third-order valence-electron chi connectivity index (χ3n) is 4.38. The van der Waals surface area contributed by atoms with E-state index in [0.717, 1.165) is 5.52 Å². The topological polar surface area (TPSA) is 12.9 Å². The minimum atomic E-state index is 0.640. The summed E-state index contributed by atoms with van der Waals surface area (Å²) in [6.07, 6.45) is 2.59. The highest BCUT2D eigenvalue weighted by molar-refractivity contribution is 5.79. The van der Waals surface area contributed by atoms with E-state index < -0.39 is 0 Å². The van der Waals surface area contributed by atoms with E-state index in [9.17, 15) is 0 Å². The molecule has 1 aromatic heterocycles. The first-order valence-electron chi connectivity index (χ1n) is 7.06. The summed E-state index contributed by atoms with van der Waals surface area (Å²) < 4.78 is 0. The maximum atomic E-state index is 4.97. The highest BCUT2D eigenvalue weighted by atomic mass is 14.7. The lowest BCUT2D eigenvalue weighted by atomic mass is 9.75. The van der Waals surface area contributed by atoms with Crippen LogP contribution in [0.2, 0.25) is 0 Å².